The predicted octanol–water partition coefficient (Wildman–Crippen LogP) is 3.27. The summed E-state index contributed by atoms with van der Waals surface area (Å²) in [4.78, 5) is 24.0. The number of para-hydroxylation sites is 1. The number of aliphatic carboxylic acids is 1. The van der Waals surface area contributed by atoms with Gasteiger partial charge in [-0.3, -0.25) is 4.79 Å². The fraction of sp³-hybridized carbons (Fsp3) is 0.0500. The molecule has 7 nitrogen and oxygen atoms in total. The van der Waals surface area contributed by atoms with Crippen LogP contribution in [0.5, 0.6) is 0 Å². The van der Waals surface area contributed by atoms with E-state index in [9.17, 15) is 14.7 Å². The van der Waals surface area contributed by atoms with Crippen molar-refractivity contribution in [3.05, 3.63) is 82.1 Å². The largest absolute Gasteiger partial charge is 0.477 e. The van der Waals surface area contributed by atoms with Crippen molar-refractivity contribution in [2.24, 2.45) is 0 Å². The Kier molecular flexibility index (Phi) is 5.47. The number of nitrogens with one attached hydrogen (secondary N) is 1. The summed E-state index contributed by atoms with van der Waals surface area (Å²) in [6, 6.07) is 15.3. The molecule has 1 heterocycles. The van der Waals surface area contributed by atoms with Crippen LogP contribution in [0.1, 0.15) is 21.6 Å². The van der Waals surface area contributed by atoms with Crippen molar-refractivity contribution in [2.45, 2.75) is 6.92 Å². The molecule has 0 radical (unpaired) electrons. The average molecular weight is 397 g/mol. The Hall–Kier alpha value is -3.58. The molecule has 1 aromatic heterocycles. The van der Waals surface area contributed by atoms with E-state index in [4.69, 9.17) is 17.3 Å². The van der Waals surface area contributed by atoms with Gasteiger partial charge in [-0.2, -0.15) is 5.10 Å². The highest BCUT2D eigenvalue weighted by atomic mass is 35.5. The summed E-state index contributed by atoms with van der Waals surface area (Å²) >= 11 is 5.81. The number of hydrogen-bond donors (Lipinski definition) is 3. The topological polar surface area (TPSA) is 110 Å². The number of aryl methyl sites for hydroxylation is 1. The van der Waals surface area contributed by atoms with Crippen molar-refractivity contribution in [2.75, 3.05) is 5.73 Å². The Labute approximate surface area is 166 Å². The second-order valence-corrected chi connectivity index (χ2v) is 6.39. The van der Waals surface area contributed by atoms with Crippen LogP contribution in [0.2, 0.25) is 5.02 Å². The van der Waals surface area contributed by atoms with Gasteiger partial charge in [0.25, 0.3) is 5.91 Å². The van der Waals surface area contributed by atoms with Crippen LogP contribution in [0.25, 0.3) is 11.8 Å². The number of rotatable bonds is 5. The van der Waals surface area contributed by atoms with Crippen molar-refractivity contribution >= 4 is 35.4 Å². The maximum absolute atomic E-state index is 12.3. The number of nitrogen functional groups attached to an aromatic ring is 1. The van der Waals surface area contributed by atoms with Gasteiger partial charge in [-0.05, 0) is 49.4 Å². The van der Waals surface area contributed by atoms with Crippen LogP contribution in [0.4, 0.5) is 5.82 Å². The monoisotopic (exact) mass is 396 g/mol. The van der Waals surface area contributed by atoms with E-state index in [0.29, 0.717) is 16.3 Å². The summed E-state index contributed by atoms with van der Waals surface area (Å²) in [7, 11) is 0. The van der Waals surface area contributed by atoms with Gasteiger partial charge in [-0.15, -0.1) is 0 Å². The van der Waals surface area contributed by atoms with Gasteiger partial charge in [-0.1, -0.05) is 29.8 Å². The van der Waals surface area contributed by atoms with Gasteiger partial charge in [0.15, 0.2) is 0 Å². The molecule has 0 unspecified atom stereocenters. The Bertz CT molecular complexity index is 1060. The number of nitrogens with two attached hydrogens (primary N) is 1. The number of carboxylic acids is 1. The zero-order chi connectivity index (χ0) is 20.3. The predicted molar refractivity (Wildman–Crippen MR) is 107 cm³/mol. The number of halogens is 1. The van der Waals surface area contributed by atoms with E-state index in [-0.39, 0.29) is 17.1 Å². The van der Waals surface area contributed by atoms with Gasteiger partial charge in [0.05, 0.1) is 11.4 Å². The Morgan fingerprint density at radius 3 is 2.39 bits per heavy atom. The SMILES string of the molecule is Cc1nn(-c2ccccc2)c(N)c1/C=C(/NC(=O)c1ccc(Cl)cc1)C(=O)O. The van der Waals surface area contributed by atoms with Gasteiger partial charge in [0.2, 0.25) is 0 Å². The van der Waals surface area contributed by atoms with Gasteiger partial charge in [0, 0.05) is 16.1 Å². The number of benzene rings is 2. The van der Waals surface area contributed by atoms with Crippen LogP contribution in [-0.2, 0) is 4.79 Å². The maximum Gasteiger partial charge on any atom is 0.352 e. The van der Waals surface area contributed by atoms with Crippen molar-refractivity contribution < 1.29 is 14.7 Å². The number of nitrogens with zero attached hydrogens (tertiary/aromatic N) is 2. The molecular formula is C20H17ClN4O3. The van der Waals surface area contributed by atoms with Crippen LogP contribution in [0, 0.1) is 6.92 Å². The van der Waals surface area contributed by atoms with Crippen molar-refractivity contribution in [3.63, 3.8) is 0 Å². The van der Waals surface area contributed by atoms with E-state index in [1.807, 2.05) is 30.3 Å². The van der Waals surface area contributed by atoms with Crippen LogP contribution in [-0.4, -0.2) is 26.8 Å². The summed E-state index contributed by atoms with van der Waals surface area (Å²) in [5.41, 5.74) is 7.82. The second kappa shape index (κ2) is 7.98. The Balaban J connectivity index is 1.95. The molecule has 1 amide bonds. The molecule has 0 atom stereocenters. The fourth-order valence-corrected chi connectivity index (χ4v) is 2.72. The van der Waals surface area contributed by atoms with Crippen LogP contribution >= 0.6 is 11.6 Å². The minimum Gasteiger partial charge on any atom is -0.477 e. The lowest BCUT2D eigenvalue weighted by Crippen LogP contribution is -2.27. The van der Waals surface area contributed by atoms with E-state index in [1.165, 1.54) is 22.9 Å². The van der Waals surface area contributed by atoms with Crippen LogP contribution in [0.3, 0.4) is 0 Å². The van der Waals surface area contributed by atoms with E-state index < -0.39 is 11.9 Å². The first-order valence-electron chi connectivity index (χ1n) is 8.29. The minimum atomic E-state index is -1.30. The third-order valence-electron chi connectivity index (χ3n) is 4.02. The molecule has 0 aliphatic heterocycles. The van der Waals surface area contributed by atoms with Crippen molar-refractivity contribution in [1.82, 2.24) is 15.1 Å². The van der Waals surface area contributed by atoms with E-state index in [1.54, 1.807) is 19.1 Å². The fourth-order valence-electron chi connectivity index (χ4n) is 2.59. The molecule has 28 heavy (non-hydrogen) atoms. The lowest BCUT2D eigenvalue weighted by atomic mass is 10.1. The normalized spacial score (nSPS) is 11.3. The minimum absolute atomic E-state index is 0.267. The van der Waals surface area contributed by atoms with E-state index in [2.05, 4.69) is 10.4 Å². The van der Waals surface area contributed by atoms with Crippen LogP contribution < -0.4 is 11.1 Å². The molecule has 2 aromatic carbocycles. The van der Waals surface area contributed by atoms with Gasteiger partial charge in [-0.25, -0.2) is 9.48 Å². The lowest BCUT2D eigenvalue weighted by Gasteiger charge is -2.07. The number of carbonyl (C=O) groups is 2. The molecular weight excluding hydrogens is 380 g/mol. The summed E-state index contributed by atoms with van der Waals surface area (Å²) < 4.78 is 1.52. The number of hydrogen-bond acceptors (Lipinski definition) is 4. The molecule has 0 saturated heterocycles. The first kappa shape index (κ1) is 19.2. The number of carbonyl (C=O) groups excluding carboxylic acids is 1. The van der Waals surface area contributed by atoms with Gasteiger partial charge in [0.1, 0.15) is 11.5 Å². The summed E-state index contributed by atoms with van der Waals surface area (Å²) in [6.07, 6.45) is 1.30. The second-order valence-electron chi connectivity index (χ2n) is 5.96. The third kappa shape index (κ3) is 4.05. The molecule has 0 aliphatic carbocycles. The highest BCUT2D eigenvalue weighted by Gasteiger charge is 2.18. The standard InChI is InChI=1S/C20H17ClN4O3/c1-12-16(18(22)25(24-12)15-5-3-2-4-6-15)11-17(20(27)28)23-19(26)13-7-9-14(21)10-8-13/h2-11H,22H2,1H3,(H,23,26)(H,27,28)/b17-11+. The molecule has 142 valence electrons. The van der Waals surface area contributed by atoms with Gasteiger partial charge < -0.3 is 16.2 Å². The van der Waals surface area contributed by atoms with Crippen LogP contribution in [0.15, 0.2) is 60.3 Å². The molecule has 3 rings (SSSR count). The molecule has 0 aliphatic rings. The molecule has 4 N–H and O–H groups in total. The molecule has 0 spiro atoms. The number of amides is 1. The Morgan fingerprint density at radius 2 is 1.79 bits per heavy atom. The molecule has 0 bridgehead atoms. The average Bonchev–Trinajstić information content (AvgIpc) is 2.96. The zero-order valence-electron chi connectivity index (χ0n) is 14.9. The lowest BCUT2D eigenvalue weighted by molar-refractivity contribution is -0.132. The molecule has 3 aromatic rings. The first-order valence-corrected chi connectivity index (χ1v) is 8.67. The Morgan fingerprint density at radius 1 is 1.14 bits per heavy atom. The smallest absolute Gasteiger partial charge is 0.352 e. The highest BCUT2D eigenvalue weighted by Crippen LogP contribution is 2.23. The highest BCUT2D eigenvalue weighted by molar-refractivity contribution is 6.30. The van der Waals surface area contributed by atoms with E-state index >= 15 is 0 Å². The van der Waals surface area contributed by atoms with Gasteiger partial charge >= 0.3 is 5.97 Å². The summed E-state index contributed by atoms with van der Waals surface area (Å²) in [6.45, 7) is 1.71. The maximum atomic E-state index is 12.3. The van der Waals surface area contributed by atoms with Crippen molar-refractivity contribution in [3.8, 4) is 5.69 Å². The molecule has 0 saturated carbocycles. The summed E-state index contributed by atoms with van der Waals surface area (Å²) in [5.74, 6) is -1.60. The van der Waals surface area contributed by atoms with Crippen molar-refractivity contribution in [1.29, 1.82) is 0 Å². The third-order valence-corrected chi connectivity index (χ3v) is 4.27. The first-order chi connectivity index (χ1) is 13.4. The molecule has 0 fully saturated rings. The number of aromatic nitrogens is 2. The number of anilines is 1. The van der Waals surface area contributed by atoms with E-state index in [0.717, 1.165) is 5.69 Å². The summed E-state index contributed by atoms with van der Waals surface area (Å²) in [5, 5.41) is 16.7. The zero-order valence-corrected chi connectivity index (χ0v) is 15.6. The quantitative estimate of drug-likeness (QED) is 0.573. The number of carboxylic acid groups (broad SMARTS) is 1. The molecule has 8 heteroatoms.